The molecule has 0 aromatic rings. The number of likely N-dealkylation sites (tertiary alicyclic amines) is 2. The Labute approximate surface area is 151 Å². The van der Waals surface area contributed by atoms with Crippen molar-refractivity contribution in [3.05, 3.63) is 0 Å². The normalized spacial score (nSPS) is 32.0. The number of hydrogen-bond acceptors (Lipinski definition) is 4. The molecule has 3 rings (SSSR count). The summed E-state index contributed by atoms with van der Waals surface area (Å²) in [6.07, 6.45) is 3.03. The molecule has 1 saturated carbocycles. The highest BCUT2D eigenvalue weighted by Gasteiger charge is 2.60. The van der Waals surface area contributed by atoms with Gasteiger partial charge in [-0.2, -0.15) is 0 Å². The molecule has 0 bridgehead atoms. The molecule has 1 aliphatic carbocycles. The van der Waals surface area contributed by atoms with Crippen molar-refractivity contribution in [1.29, 1.82) is 0 Å². The van der Waals surface area contributed by atoms with Gasteiger partial charge in [-0.05, 0) is 51.9 Å². The van der Waals surface area contributed by atoms with Crippen LogP contribution in [0.5, 0.6) is 0 Å². The lowest BCUT2D eigenvalue weighted by molar-refractivity contribution is -0.133. The molecule has 6 heteroatoms. The average Bonchev–Trinajstić information content (AvgIpc) is 3.22. The summed E-state index contributed by atoms with van der Waals surface area (Å²) >= 11 is 0. The molecule has 0 aromatic heterocycles. The number of rotatable bonds is 5. The fourth-order valence-electron chi connectivity index (χ4n) is 4.81. The Balaban J connectivity index is 1.47. The minimum Gasteiger partial charge on any atom is -0.450 e. The van der Waals surface area contributed by atoms with Crippen molar-refractivity contribution >= 4 is 12.0 Å². The highest BCUT2D eigenvalue weighted by Crippen LogP contribution is 2.53. The largest absolute Gasteiger partial charge is 0.450 e. The summed E-state index contributed by atoms with van der Waals surface area (Å²) in [5.74, 6) is 1.78. The van der Waals surface area contributed by atoms with Crippen LogP contribution < -0.4 is 0 Å². The lowest BCUT2D eigenvalue weighted by atomic mass is 10.1. The lowest BCUT2D eigenvalue weighted by Gasteiger charge is -2.29. The van der Waals surface area contributed by atoms with Gasteiger partial charge in [-0.15, -0.1) is 0 Å². The van der Waals surface area contributed by atoms with Crippen LogP contribution in [0.15, 0.2) is 0 Å². The number of piperidine rings is 1. The van der Waals surface area contributed by atoms with Gasteiger partial charge in [0.05, 0.1) is 6.61 Å². The van der Waals surface area contributed by atoms with Crippen LogP contribution in [0, 0.1) is 17.8 Å². The Kier molecular flexibility index (Phi) is 5.87. The number of nitrogens with zero attached hydrogens (tertiary/aromatic N) is 3. The van der Waals surface area contributed by atoms with E-state index in [0.717, 1.165) is 58.5 Å². The zero-order valence-corrected chi connectivity index (χ0v) is 15.9. The first-order valence-electron chi connectivity index (χ1n) is 10.0. The van der Waals surface area contributed by atoms with Crippen LogP contribution in [-0.4, -0.2) is 78.6 Å². The van der Waals surface area contributed by atoms with Gasteiger partial charge in [0.1, 0.15) is 0 Å². The van der Waals surface area contributed by atoms with Crippen molar-refractivity contribution in [1.82, 2.24) is 14.7 Å². The monoisotopic (exact) mass is 351 g/mol. The summed E-state index contributed by atoms with van der Waals surface area (Å²) in [6.45, 7) is 11.8. The molecular formula is C19H33N3O3. The minimum atomic E-state index is -0.169. The first-order chi connectivity index (χ1) is 12.1. The molecule has 0 N–H and O–H groups in total. The lowest BCUT2D eigenvalue weighted by Crippen LogP contribution is -2.40. The number of ether oxygens (including phenoxy) is 1. The third kappa shape index (κ3) is 3.78. The predicted molar refractivity (Wildman–Crippen MR) is 96.2 cm³/mol. The quantitative estimate of drug-likeness (QED) is 0.761. The number of carbonyl (C=O) groups is 2. The second-order valence-corrected chi connectivity index (χ2v) is 7.59. The van der Waals surface area contributed by atoms with E-state index in [4.69, 9.17) is 4.74 Å². The number of amides is 2. The van der Waals surface area contributed by atoms with Crippen LogP contribution in [0.1, 0.15) is 40.0 Å². The molecule has 4 atom stereocenters. The van der Waals surface area contributed by atoms with E-state index >= 15 is 0 Å². The molecule has 3 aliphatic rings. The average molecular weight is 351 g/mol. The van der Waals surface area contributed by atoms with Gasteiger partial charge >= 0.3 is 6.09 Å². The van der Waals surface area contributed by atoms with Gasteiger partial charge in [-0.3, -0.25) is 9.69 Å². The van der Waals surface area contributed by atoms with Gasteiger partial charge in [0.15, 0.2) is 0 Å². The van der Waals surface area contributed by atoms with Crippen LogP contribution in [0.2, 0.25) is 0 Å². The maximum Gasteiger partial charge on any atom is 0.409 e. The summed E-state index contributed by atoms with van der Waals surface area (Å²) in [4.78, 5) is 30.9. The van der Waals surface area contributed by atoms with E-state index in [1.165, 1.54) is 0 Å². The van der Waals surface area contributed by atoms with Crippen molar-refractivity contribution in [2.24, 2.45) is 17.8 Å². The maximum absolute atomic E-state index is 12.5. The SMILES string of the molecule is CCOC(=O)N1CCCC(N2C[C@@H]3C(C(=O)N(CC)CC)[C@@H]3C2)CC1. The minimum absolute atomic E-state index is 0.169. The van der Waals surface area contributed by atoms with Gasteiger partial charge < -0.3 is 14.5 Å². The topological polar surface area (TPSA) is 53.1 Å². The Hall–Kier alpha value is -1.30. The van der Waals surface area contributed by atoms with Gasteiger partial charge in [0.2, 0.25) is 5.91 Å². The van der Waals surface area contributed by atoms with Gasteiger partial charge in [0, 0.05) is 51.2 Å². The van der Waals surface area contributed by atoms with Crippen LogP contribution in [0.3, 0.4) is 0 Å². The van der Waals surface area contributed by atoms with E-state index in [1.807, 2.05) is 16.7 Å². The summed E-state index contributed by atoms with van der Waals surface area (Å²) in [5, 5.41) is 0. The molecule has 6 nitrogen and oxygen atoms in total. The number of carbonyl (C=O) groups excluding carboxylic acids is 2. The van der Waals surface area contributed by atoms with Gasteiger partial charge in [-0.25, -0.2) is 4.79 Å². The second kappa shape index (κ2) is 7.94. The highest BCUT2D eigenvalue weighted by molar-refractivity contribution is 5.82. The summed E-state index contributed by atoms with van der Waals surface area (Å²) < 4.78 is 5.14. The zero-order chi connectivity index (χ0) is 18.0. The molecule has 0 aromatic carbocycles. The summed E-state index contributed by atoms with van der Waals surface area (Å²) in [6, 6.07) is 0.552. The van der Waals surface area contributed by atoms with E-state index in [0.29, 0.717) is 30.4 Å². The van der Waals surface area contributed by atoms with E-state index in [2.05, 4.69) is 18.7 Å². The predicted octanol–water partition coefficient (Wildman–Crippen LogP) is 2.04. The van der Waals surface area contributed by atoms with Crippen LogP contribution in [0.25, 0.3) is 0 Å². The van der Waals surface area contributed by atoms with Crippen molar-refractivity contribution in [2.45, 2.75) is 46.1 Å². The van der Waals surface area contributed by atoms with Crippen LogP contribution in [-0.2, 0) is 9.53 Å². The van der Waals surface area contributed by atoms with E-state index in [-0.39, 0.29) is 12.0 Å². The fraction of sp³-hybridized carbons (Fsp3) is 0.895. The maximum atomic E-state index is 12.5. The van der Waals surface area contributed by atoms with Crippen molar-refractivity contribution in [2.75, 3.05) is 45.9 Å². The molecule has 3 fully saturated rings. The van der Waals surface area contributed by atoms with Crippen molar-refractivity contribution in [3.63, 3.8) is 0 Å². The Morgan fingerprint density at radius 3 is 2.32 bits per heavy atom. The van der Waals surface area contributed by atoms with E-state index < -0.39 is 0 Å². The summed E-state index contributed by atoms with van der Waals surface area (Å²) in [7, 11) is 0. The third-order valence-corrected chi connectivity index (χ3v) is 6.32. The van der Waals surface area contributed by atoms with E-state index in [9.17, 15) is 9.59 Å². The third-order valence-electron chi connectivity index (χ3n) is 6.32. The van der Waals surface area contributed by atoms with Gasteiger partial charge in [-0.1, -0.05) is 0 Å². The van der Waals surface area contributed by atoms with Gasteiger partial charge in [0.25, 0.3) is 0 Å². The van der Waals surface area contributed by atoms with Crippen LogP contribution in [0.4, 0.5) is 4.79 Å². The van der Waals surface area contributed by atoms with Crippen molar-refractivity contribution in [3.8, 4) is 0 Å². The molecule has 2 unspecified atom stereocenters. The van der Waals surface area contributed by atoms with E-state index in [1.54, 1.807) is 0 Å². The molecule has 142 valence electrons. The standard InChI is InChI=1S/C19H33N3O3/c1-4-20(5-2)18(23)17-15-12-22(13-16(15)17)14-8-7-10-21(11-9-14)19(24)25-6-3/h14-17H,4-13H2,1-3H3/t14?,15-,16+,17?. The first-order valence-corrected chi connectivity index (χ1v) is 10.0. The Morgan fingerprint density at radius 2 is 1.72 bits per heavy atom. The molecule has 0 spiro atoms. The number of hydrogen-bond donors (Lipinski definition) is 0. The van der Waals surface area contributed by atoms with Crippen molar-refractivity contribution < 1.29 is 14.3 Å². The molecule has 2 saturated heterocycles. The van der Waals surface area contributed by atoms with Crippen LogP contribution >= 0.6 is 0 Å². The first kappa shape index (κ1) is 18.5. The molecule has 25 heavy (non-hydrogen) atoms. The molecule has 2 amide bonds. The molecule has 0 radical (unpaired) electrons. The summed E-state index contributed by atoms with van der Waals surface area (Å²) in [5.41, 5.74) is 0. The number of fused-ring (bicyclic) bond motifs is 1. The molecule has 2 heterocycles. The molecule has 2 aliphatic heterocycles. The fourth-order valence-corrected chi connectivity index (χ4v) is 4.81. The Morgan fingerprint density at radius 1 is 1.04 bits per heavy atom. The highest BCUT2D eigenvalue weighted by atomic mass is 16.6. The second-order valence-electron chi connectivity index (χ2n) is 7.59. The zero-order valence-electron chi connectivity index (χ0n) is 15.9. The molecular weight excluding hydrogens is 318 g/mol. The Bertz CT molecular complexity index is 482. The smallest absolute Gasteiger partial charge is 0.409 e.